The molecule has 3 heteroatoms. The lowest BCUT2D eigenvalue weighted by molar-refractivity contribution is 0.381. The van der Waals surface area contributed by atoms with Crippen molar-refractivity contribution >= 4 is 22.6 Å². The molecule has 1 aromatic rings. The first-order valence-corrected chi connectivity index (χ1v) is 8.71. The van der Waals surface area contributed by atoms with Crippen LogP contribution in [0.15, 0.2) is 29.3 Å². The first kappa shape index (κ1) is 14.0. The molecule has 1 saturated carbocycles. The molecule has 0 aromatic heterocycles. The van der Waals surface area contributed by atoms with Crippen molar-refractivity contribution in [1.82, 2.24) is 0 Å². The summed E-state index contributed by atoms with van der Waals surface area (Å²) in [7, 11) is 0. The van der Waals surface area contributed by atoms with Gasteiger partial charge in [-0.15, -0.1) is 0 Å². The Morgan fingerprint density at radius 3 is 2.55 bits per heavy atom. The van der Waals surface area contributed by atoms with E-state index in [0.29, 0.717) is 4.75 Å². The normalized spacial score (nSPS) is 21.6. The van der Waals surface area contributed by atoms with Crippen molar-refractivity contribution in [2.75, 3.05) is 11.9 Å². The van der Waals surface area contributed by atoms with Gasteiger partial charge < -0.3 is 5.32 Å². The summed E-state index contributed by atoms with van der Waals surface area (Å²) >= 11 is 2.00. The van der Waals surface area contributed by atoms with E-state index in [1.807, 2.05) is 11.8 Å². The summed E-state index contributed by atoms with van der Waals surface area (Å²) in [5, 5.41) is 4.64. The average Bonchev–Trinajstić information content (AvgIpc) is 2.49. The van der Waals surface area contributed by atoms with Crippen molar-refractivity contribution < 1.29 is 0 Å². The van der Waals surface area contributed by atoms with E-state index >= 15 is 0 Å². The van der Waals surface area contributed by atoms with Crippen LogP contribution in [0.25, 0.3) is 0 Å². The Bertz CT molecular complexity index is 472. The maximum Gasteiger partial charge on any atom is 0.161 e. The van der Waals surface area contributed by atoms with Crippen LogP contribution in [0.4, 0.5) is 5.69 Å². The molecule has 0 saturated heterocycles. The molecule has 1 aliphatic heterocycles. The third-order valence-electron chi connectivity index (χ3n) is 4.51. The summed E-state index contributed by atoms with van der Waals surface area (Å²) in [4.78, 5) is 4.69. The third kappa shape index (κ3) is 3.20. The number of anilines is 1. The molecule has 0 radical (unpaired) electrons. The van der Waals surface area contributed by atoms with Crippen molar-refractivity contribution in [3.05, 3.63) is 29.8 Å². The standard InChI is InChI=1S/C17H24N2S/c1-2-14-6-8-15(9-7-14)19-16-18-13-12-17(20-16)10-4-3-5-11-17/h6-9H,2-5,10-13H2,1H3,(H,18,19). The van der Waals surface area contributed by atoms with Gasteiger partial charge in [0.2, 0.25) is 0 Å². The second-order valence-electron chi connectivity index (χ2n) is 5.96. The number of aliphatic imine (C=N–C) groups is 1. The van der Waals surface area contributed by atoms with E-state index < -0.39 is 0 Å². The van der Waals surface area contributed by atoms with E-state index in [4.69, 9.17) is 0 Å². The minimum atomic E-state index is 0.478. The summed E-state index contributed by atoms with van der Waals surface area (Å²) in [5.74, 6) is 0. The number of thioether (sulfide) groups is 1. The minimum Gasteiger partial charge on any atom is -0.335 e. The van der Waals surface area contributed by atoms with Crippen LogP contribution < -0.4 is 5.32 Å². The maximum atomic E-state index is 4.69. The molecule has 1 spiro atoms. The molecular formula is C17H24N2S. The predicted molar refractivity (Wildman–Crippen MR) is 89.8 cm³/mol. The lowest BCUT2D eigenvalue weighted by Gasteiger charge is -2.39. The Kier molecular flexibility index (Phi) is 4.35. The average molecular weight is 288 g/mol. The Labute approximate surface area is 126 Å². The van der Waals surface area contributed by atoms with Crippen molar-refractivity contribution in [2.45, 2.75) is 56.6 Å². The third-order valence-corrected chi connectivity index (χ3v) is 5.98. The molecule has 1 heterocycles. The van der Waals surface area contributed by atoms with Crippen LogP contribution in [-0.2, 0) is 6.42 Å². The lowest BCUT2D eigenvalue weighted by atomic mass is 9.86. The molecule has 0 unspecified atom stereocenters. The second-order valence-corrected chi connectivity index (χ2v) is 7.41. The molecule has 0 bridgehead atoms. The number of aryl methyl sites for hydroxylation is 1. The molecule has 2 nitrogen and oxygen atoms in total. The molecule has 1 fully saturated rings. The van der Waals surface area contributed by atoms with Crippen molar-refractivity contribution in [1.29, 1.82) is 0 Å². The zero-order valence-corrected chi connectivity index (χ0v) is 13.1. The lowest BCUT2D eigenvalue weighted by Crippen LogP contribution is -2.35. The first-order chi connectivity index (χ1) is 9.80. The van der Waals surface area contributed by atoms with Gasteiger partial charge in [-0.2, -0.15) is 0 Å². The van der Waals surface area contributed by atoms with E-state index in [1.165, 1.54) is 49.8 Å². The highest BCUT2D eigenvalue weighted by Crippen LogP contribution is 2.45. The van der Waals surface area contributed by atoms with Gasteiger partial charge in [0.1, 0.15) is 0 Å². The van der Waals surface area contributed by atoms with Gasteiger partial charge in [0, 0.05) is 17.0 Å². The Morgan fingerprint density at radius 1 is 1.10 bits per heavy atom. The topological polar surface area (TPSA) is 24.4 Å². The molecule has 108 valence electrons. The van der Waals surface area contributed by atoms with E-state index in [-0.39, 0.29) is 0 Å². The van der Waals surface area contributed by atoms with Gasteiger partial charge in [0.15, 0.2) is 5.17 Å². The molecule has 20 heavy (non-hydrogen) atoms. The molecular weight excluding hydrogens is 264 g/mol. The van der Waals surface area contributed by atoms with Crippen LogP contribution in [0.1, 0.15) is 51.0 Å². The number of amidine groups is 1. The Balaban J connectivity index is 1.66. The van der Waals surface area contributed by atoms with Gasteiger partial charge in [0.25, 0.3) is 0 Å². The summed E-state index contributed by atoms with van der Waals surface area (Å²) in [6.07, 6.45) is 9.30. The molecule has 0 amide bonds. The number of rotatable bonds is 2. The van der Waals surface area contributed by atoms with Crippen molar-refractivity contribution in [3.63, 3.8) is 0 Å². The number of hydrogen-bond acceptors (Lipinski definition) is 3. The van der Waals surface area contributed by atoms with Gasteiger partial charge in [-0.25, -0.2) is 0 Å². The zero-order chi connectivity index (χ0) is 13.8. The molecule has 1 aromatic carbocycles. The van der Waals surface area contributed by atoms with Crippen LogP contribution in [0.2, 0.25) is 0 Å². The van der Waals surface area contributed by atoms with Gasteiger partial charge in [-0.3, -0.25) is 4.99 Å². The monoisotopic (exact) mass is 288 g/mol. The van der Waals surface area contributed by atoms with Crippen molar-refractivity contribution in [3.8, 4) is 0 Å². The molecule has 2 aliphatic rings. The molecule has 0 atom stereocenters. The van der Waals surface area contributed by atoms with Gasteiger partial charge >= 0.3 is 0 Å². The minimum absolute atomic E-state index is 0.478. The second kappa shape index (κ2) is 6.21. The van der Waals surface area contributed by atoms with Gasteiger partial charge in [-0.05, 0) is 43.4 Å². The quantitative estimate of drug-likeness (QED) is 0.840. The fraction of sp³-hybridized carbons (Fsp3) is 0.588. The van der Waals surface area contributed by atoms with E-state index in [0.717, 1.165) is 18.1 Å². The number of benzene rings is 1. The fourth-order valence-corrected chi connectivity index (χ4v) is 4.63. The van der Waals surface area contributed by atoms with Crippen LogP contribution in [0, 0.1) is 0 Å². The van der Waals surface area contributed by atoms with E-state index in [2.05, 4.69) is 41.5 Å². The first-order valence-electron chi connectivity index (χ1n) is 7.89. The summed E-state index contributed by atoms with van der Waals surface area (Å²) in [6.45, 7) is 3.18. The molecule has 3 rings (SSSR count). The number of hydrogen-bond donors (Lipinski definition) is 1. The van der Waals surface area contributed by atoms with Crippen LogP contribution in [0.3, 0.4) is 0 Å². The highest BCUT2D eigenvalue weighted by molar-refractivity contribution is 8.15. The predicted octanol–water partition coefficient (Wildman–Crippen LogP) is 4.86. The Morgan fingerprint density at radius 2 is 1.85 bits per heavy atom. The summed E-state index contributed by atoms with van der Waals surface area (Å²) in [6, 6.07) is 8.74. The number of nitrogens with one attached hydrogen (secondary N) is 1. The summed E-state index contributed by atoms with van der Waals surface area (Å²) in [5.41, 5.74) is 2.55. The van der Waals surface area contributed by atoms with Crippen LogP contribution >= 0.6 is 11.8 Å². The van der Waals surface area contributed by atoms with Gasteiger partial charge in [-0.1, -0.05) is 50.1 Å². The molecule has 1 N–H and O–H groups in total. The van der Waals surface area contributed by atoms with Gasteiger partial charge in [0.05, 0.1) is 0 Å². The smallest absolute Gasteiger partial charge is 0.161 e. The van der Waals surface area contributed by atoms with E-state index in [9.17, 15) is 0 Å². The van der Waals surface area contributed by atoms with Crippen molar-refractivity contribution in [2.24, 2.45) is 4.99 Å². The highest BCUT2D eigenvalue weighted by Gasteiger charge is 2.36. The van der Waals surface area contributed by atoms with E-state index in [1.54, 1.807) is 0 Å². The zero-order valence-electron chi connectivity index (χ0n) is 12.3. The van der Waals surface area contributed by atoms with Crippen LogP contribution in [0.5, 0.6) is 0 Å². The van der Waals surface area contributed by atoms with Crippen LogP contribution in [-0.4, -0.2) is 16.5 Å². The SMILES string of the molecule is CCc1ccc(NC2=NCCC3(CCCCC3)S2)cc1. The largest absolute Gasteiger partial charge is 0.335 e. The highest BCUT2D eigenvalue weighted by atomic mass is 32.2. The number of nitrogens with zero attached hydrogens (tertiary/aromatic N) is 1. The Hall–Kier alpha value is -0.960. The summed E-state index contributed by atoms with van der Waals surface area (Å²) < 4.78 is 0.478. The fourth-order valence-electron chi connectivity index (χ4n) is 3.21. The molecule has 1 aliphatic carbocycles. The maximum absolute atomic E-state index is 4.69.